The number of aliphatic hydroxyl groups is 1. The summed E-state index contributed by atoms with van der Waals surface area (Å²) < 4.78 is 0. The first-order valence-electron chi connectivity index (χ1n) is 9.72. The topological polar surface area (TPSA) is 26.7 Å². The average Bonchev–Trinajstić information content (AvgIpc) is 2.64. The smallest absolute Gasteiger partial charge is 0.0594 e. The van der Waals surface area contributed by atoms with E-state index < -0.39 is 5.60 Å². The van der Waals surface area contributed by atoms with E-state index >= 15 is 0 Å². The van der Waals surface area contributed by atoms with Crippen molar-refractivity contribution in [2.24, 2.45) is 0 Å². The van der Waals surface area contributed by atoms with E-state index in [2.05, 4.69) is 65.4 Å². The van der Waals surface area contributed by atoms with E-state index in [-0.39, 0.29) is 0 Å². The van der Waals surface area contributed by atoms with Gasteiger partial charge in [-0.2, -0.15) is 0 Å². The molecule has 3 nitrogen and oxygen atoms in total. The summed E-state index contributed by atoms with van der Waals surface area (Å²) in [6.45, 7) is 8.08. The second-order valence-corrected chi connectivity index (χ2v) is 8.20. The Morgan fingerprint density at radius 3 is 2.58 bits per heavy atom. The summed E-state index contributed by atoms with van der Waals surface area (Å²) in [5, 5.41) is 9.93. The van der Waals surface area contributed by atoms with Crippen LogP contribution in [0.1, 0.15) is 37.0 Å². The van der Waals surface area contributed by atoms with Crippen LogP contribution < -0.4 is 4.90 Å². The van der Waals surface area contributed by atoms with Crippen LogP contribution in [0.5, 0.6) is 0 Å². The zero-order valence-corrected chi connectivity index (χ0v) is 16.4. The van der Waals surface area contributed by atoms with E-state index in [4.69, 9.17) is 0 Å². The second-order valence-electron chi connectivity index (χ2n) is 8.20. The summed E-state index contributed by atoms with van der Waals surface area (Å²) >= 11 is 0. The van der Waals surface area contributed by atoms with Gasteiger partial charge in [-0.25, -0.2) is 0 Å². The molecule has 1 aliphatic heterocycles. The minimum Gasteiger partial charge on any atom is -0.390 e. The normalized spacial score (nSPS) is 14.9. The molecule has 1 N–H and O–H groups in total. The number of hydrogen-bond acceptors (Lipinski definition) is 3. The van der Waals surface area contributed by atoms with Gasteiger partial charge >= 0.3 is 0 Å². The van der Waals surface area contributed by atoms with Crippen LogP contribution in [-0.4, -0.2) is 42.3 Å². The summed E-state index contributed by atoms with van der Waals surface area (Å²) in [6, 6.07) is 17.5. The van der Waals surface area contributed by atoms with Crippen molar-refractivity contribution in [3.8, 4) is 0 Å². The number of aryl methyl sites for hydroxylation is 1. The van der Waals surface area contributed by atoms with E-state index in [0.717, 1.165) is 45.4 Å². The second kappa shape index (κ2) is 8.24. The third-order valence-electron chi connectivity index (χ3n) is 5.34. The summed E-state index contributed by atoms with van der Waals surface area (Å²) in [7, 11) is 2.17. The molecule has 0 saturated carbocycles. The summed E-state index contributed by atoms with van der Waals surface area (Å²) in [6.07, 6.45) is 2.88. The minimum absolute atomic E-state index is 0.586. The molecule has 0 fully saturated rings. The fourth-order valence-electron chi connectivity index (χ4n) is 3.56. The van der Waals surface area contributed by atoms with Crippen LogP contribution in [0, 0.1) is 0 Å². The molecule has 3 heteroatoms. The fourth-order valence-corrected chi connectivity index (χ4v) is 3.56. The average molecular weight is 353 g/mol. The van der Waals surface area contributed by atoms with Gasteiger partial charge in [0.1, 0.15) is 0 Å². The molecule has 0 radical (unpaired) electrons. The van der Waals surface area contributed by atoms with Crippen LogP contribution >= 0.6 is 0 Å². The molecule has 1 heterocycles. The molecule has 3 rings (SSSR count). The lowest BCUT2D eigenvalue weighted by Gasteiger charge is -2.31. The van der Waals surface area contributed by atoms with Crippen molar-refractivity contribution in [2.75, 3.05) is 31.6 Å². The molecule has 0 aromatic heterocycles. The molecular weight excluding hydrogens is 320 g/mol. The fraction of sp³-hybridized carbons (Fsp3) is 0.478. The third-order valence-corrected chi connectivity index (χ3v) is 5.34. The van der Waals surface area contributed by atoms with E-state index in [1.807, 2.05) is 13.8 Å². The van der Waals surface area contributed by atoms with Gasteiger partial charge < -0.3 is 10.0 Å². The van der Waals surface area contributed by atoms with Gasteiger partial charge in [0.15, 0.2) is 0 Å². The predicted octanol–water partition coefficient (Wildman–Crippen LogP) is 3.88. The number of anilines is 1. The molecule has 0 atom stereocenters. The maximum atomic E-state index is 9.93. The van der Waals surface area contributed by atoms with Crippen molar-refractivity contribution in [3.05, 3.63) is 65.2 Å². The zero-order chi connectivity index (χ0) is 18.6. The molecule has 2 aromatic rings. The Labute approximate surface area is 158 Å². The van der Waals surface area contributed by atoms with E-state index in [1.54, 1.807) is 0 Å². The van der Waals surface area contributed by atoms with Gasteiger partial charge in [-0.05, 0) is 61.9 Å². The number of fused-ring (bicyclic) bond motifs is 1. The molecule has 0 spiro atoms. The van der Waals surface area contributed by atoms with E-state index in [1.165, 1.54) is 22.4 Å². The number of rotatable bonds is 7. The van der Waals surface area contributed by atoms with E-state index in [9.17, 15) is 5.11 Å². The maximum Gasteiger partial charge on any atom is 0.0594 e. The van der Waals surface area contributed by atoms with Gasteiger partial charge in [0.05, 0.1) is 5.60 Å². The standard InChI is InChI=1S/C23H32N2O/c1-23(2,26)13-11-19-9-10-21-18-25(14-12-20(21)17-19)16-15-24(3)22-7-5-4-6-8-22/h4-10,17,26H,11-16,18H2,1-3H3. The van der Waals surface area contributed by atoms with Gasteiger partial charge in [0.2, 0.25) is 0 Å². The number of hydrogen-bond donors (Lipinski definition) is 1. The Bertz CT molecular complexity index is 706. The molecule has 0 unspecified atom stereocenters. The molecule has 0 amide bonds. The monoisotopic (exact) mass is 352 g/mol. The lowest BCUT2D eigenvalue weighted by atomic mass is 9.93. The quantitative estimate of drug-likeness (QED) is 0.819. The van der Waals surface area contributed by atoms with E-state index in [0.29, 0.717) is 0 Å². The van der Waals surface area contributed by atoms with Crippen LogP contribution in [0.15, 0.2) is 48.5 Å². The predicted molar refractivity (Wildman–Crippen MR) is 110 cm³/mol. The molecule has 0 saturated heterocycles. The van der Waals surface area contributed by atoms with Crippen molar-refractivity contribution in [2.45, 2.75) is 45.3 Å². The largest absolute Gasteiger partial charge is 0.390 e. The Kier molecular flexibility index (Phi) is 6.00. The SMILES string of the molecule is CN(CCN1CCc2cc(CCC(C)(C)O)ccc2C1)c1ccccc1. The molecule has 2 aromatic carbocycles. The first kappa shape index (κ1) is 18.9. The minimum atomic E-state index is -0.586. The Balaban J connectivity index is 1.53. The first-order chi connectivity index (χ1) is 12.4. The molecule has 140 valence electrons. The molecule has 1 aliphatic rings. The lowest BCUT2D eigenvalue weighted by molar-refractivity contribution is 0.0714. The highest BCUT2D eigenvalue weighted by Crippen LogP contribution is 2.22. The highest BCUT2D eigenvalue weighted by Gasteiger charge is 2.18. The van der Waals surface area contributed by atoms with Crippen molar-refractivity contribution >= 4 is 5.69 Å². The number of para-hydroxylation sites is 1. The highest BCUT2D eigenvalue weighted by molar-refractivity contribution is 5.45. The zero-order valence-electron chi connectivity index (χ0n) is 16.4. The van der Waals surface area contributed by atoms with Crippen molar-refractivity contribution in [3.63, 3.8) is 0 Å². The summed E-state index contributed by atoms with van der Waals surface area (Å²) in [5.41, 5.74) is 5.00. The number of likely N-dealkylation sites (N-methyl/N-ethyl adjacent to an activating group) is 1. The molecule has 0 bridgehead atoms. The lowest BCUT2D eigenvalue weighted by Crippen LogP contribution is -2.36. The van der Waals surface area contributed by atoms with Crippen LogP contribution in [0.2, 0.25) is 0 Å². The summed E-state index contributed by atoms with van der Waals surface area (Å²) in [4.78, 5) is 4.88. The molecule has 26 heavy (non-hydrogen) atoms. The molecular formula is C23H32N2O. The van der Waals surface area contributed by atoms with Crippen LogP contribution in [0.3, 0.4) is 0 Å². The Morgan fingerprint density at radius 1 is 1.08 bits per heavy atom. The van der Waals surface area contributed by atoms with Crippen molar-refractivity contribution < 1.29 is 5.11 Å². The number of benzene rings is 2. The van der Waals surface area contributed by atoms with Crippen molar-refractivity contribution in [1.29, 1.82) is 0 Å². The van der Waals surface area contributed by atoms with Crippen molar-refractivity contribution in [1.82, 2.24) is 4.90 Å². The van der Waals surface area contributed by atoms with Crippen LogP contribution in [-0.2, 0) is 19.4 Å². The first-order valence-corrected chi connectivity index (χ1v) is 9.72. The van der Waals surface area contributed by atoms with Gasteiger partial charge in [0.25, 0.3) is 0 Å². The van der Waals surface area contributed by atoms with Gasteiger partial charge in [-0.3, -0.25) is 4.90 Å². The number of nitrogens with zero attached hydrogens (tertiary/aromatic N) is 2. The van der Waals surface area contributed by atoms with Gasteiger partial charge in [-0.15, -0.1) is 0 Å². The van der Waals surface area contributed by atoms with Crippen LogP contribution in [0.25, 0.3) is 0 Å². The molecule has 0 aliphatic carbocycles. The van der Waals surface area contributed by atoms with Gasteiger partial charge in [-0.1, -0.05) is 36.4 Å². The highest BCUT2D eigenvalue weighted by atomic mass is 16.3. The van der Waals surface area contributed by atoms with Gasteiger partial charge in [0, 0.05) is 38.9 Å². The summed E-state index contributed by atoms with van der Waals surface area (Å²) in [5.74, 6) is 0. The van der Waals surface area contributed by atoms with Crippen LogP contribution in [0.4, 0.5) is 5.69 Å². The Morgan fingerprint density at radius 2 is 1.85 bits per heavy atom. The maximum absolute atomic E-state index is 9.93. The Hall–Kier alpha value is -1.84. The third kappa shape index (κ3) is 5.33.